The summed E-state index contributed by atoms with van der Waals surface area (Å²) in [4.78, 5) is 6.01. The van der Waals surface area contributed by atoms with E-state index in [1.807, 2.05) is 24.9 Å². The van der Waals surface area contributed by atoms with Gasteiger partial charge in [0.15, 0.2) is 5.03 Å². The lowest BCUT2D eigenvalue weighted by Gasteiger charge is -2.37. The summed E-state index contributed by atoms with van der Waals surface area (Å²) in [6, 6.07) is 5.14. The molecule has 8 heteroatoms. The van der Waals surface area contributed by atoms with E-state index in [-0.39, 0.29) is 16.9 Å². The summed E-state index contributed by atoms with van der Waals surface area (Å²) in [5.74, 6) is -0.253. The van der Waals surface area contributed by atoms with Crippen LogP contribution < -0.4 is 4.90 Å². The van der Waals surface area contributed by atoms with Gasteiger partial charge in [0.2, 0.25) is 0 Å². The topological polar surface area (TPSA) is 58.4 Å². The molecule has 0 amide bonds. The summed E-state index contributed by atoms with van der Waals surface area (Å²) in [6.07, 6.45) is 4.39. The maximum atomic E-state index is 13.6. The van der Waals surface area contributed by atoms with E-state index in [1.165, 1.54) is 29.0 Å². The van der Waals surface area contributed by atoms with Gasteiger partial charge in [-0.3, -0.25) is 0 Å². The number of sulfonamides is 1. The van der Waals surface area contributed by atoms with Crippen LogP contribution in [-0.2, 0) is 17.1 Å². The molecule has 1 aliphatic rings. The molecule has 25 heavy (non-hydrogen) atoms. The van der Waals surface area contributed by atoms with Crippen molar-refractivity contribution in [3.8, 4) is 0 Å². The molecule has 6 nitrogen and oxygen atoms in total. The summed E-state index contributed by atoms with van der Waals surface area (Å²) in [5.41, 5.74) is 1.69. The number of aryl methyl sites for hydroxylation is 2. The SMILES string of the molecule is Cc1cc(F)cc(N(C)C2CCN(S(=O)(=O)c3cn(C)cn3)CC2)c1. The number of anilines is 1. The smallest absolute Gasteiger partial charge is 0.262 e. The minimum Gasteiger partial charge on any atom is -0.371 e. The summed E-state index contributed by atoms with van der Waals surface area (Å²) in [5, 5.41) is 0.0857. The first-order valence-electron chi connectivity index (χ1n) is 8.25. The Morgan fingerprint density at radius 3 is 2.48 bits per heavy atom. The van der Waals surface area contributed by atoms with E-state index in [2.05, 4.69) is 4.98 Å². The molecule has 1 fully saturated rings. The van der Waals surface area contributed by atoms with E-state index in [0.717, 1.165) is 11.3 Å². The van der Waals surface area contributed by atoms with Gasteiger partial charge in [-0.05, 0) is 43.5 Å². The minimum absolute atomic E-state index is 0.0857. The van der Waals surface area contributed by atoms with Crippen molar-refractivity contribution in [3.05, 3.63) is 42.1 Å². The van der Waals surface area contributed by atoms with E-state index >= 15 is 0 Å². The van der Waals surface area contributed by atoms with Gasteiger partial charge in [-0.25, -0.2) is 17.8 Å². The third-order valence-corrected chi connectivity index (χ3v) is 6.48. The Labute approximate surface area is 147 Å². The second-order valence-corrected chi connectivity index (χ2v) is 8.50. The summed E-state index contributed by atoms with van der Waals surface area (Å²) in [6.45, 7) is 2.73. The third kappa shape index (κ3) is 3.69. The monoisotopic (exact) mass is 366 g/mol. The van der Waals surface area contributed by atoms with Crippen molar-refractivity contribution in [2.45, 2.75) is 30.8 Å². The van der Waals surface area contributed by atoms with Crippen molar-refractivity contribution >= 4 is 15.7 Å². The highest BCUT2D eigenvalue weighted by atomic mass is 32.2. The molecule has 1 aliphatic heterocycles. The van der Waals surface area contributed by atoms with Gasteiger partial charge in [-0.1, -0.05) is 0 Å². The molecule has 0 bridgehead atoms. The molecule has 0 unspecified atom stereocenters. The summed E-state index contributed by atoms with van der Waals surface area (Å²) >= 11 is 0. The summed E-state index contributed by atoms with van der Waals surface area (Å²) < 4.78 is 42.0. The van der Waals surface area contributed by atoms with Crippen molar-refractivity contribution in [2.24, 2.45) is 7.05 Å². The number of benzene rings is 1. The van der Waals surface area contributed by atoms with Gasteiger partial charge in [0, 0.05) is 45.1 Å². The number of piperidine rings is 1. The van der Waals surface area contributed by atoms with Crippen molar-refractivity contribution in [2.75, 3.05) is 25.0 Å². The van der Waals surface area contributed by atoms with Crippen molar-refractivity contribution in [1.29, 1.82) is 0 Å². The maximum absolute atomic E-state index is 13.6. The fourth-order valence-electron chi connectivity index (χ4n) is 3.26. The van der Waals surface area contributed by atoms with Gasteiger partial charge < -0.3 is 9.47 Å². The van der Waals surface area contributed by atoms with Crippen molar-refractivity contribution < 1.29 is 12.8 Å². The molecule has 1 aromatic carbocycles. The van der Waals surface area contributed by atoms with Crippen molar-refractivity contribution in [3.63, 3.8) is 0 Å². The number of imidazole rings is 1. The first-order chi connectivity index (χ1) is 11.8. The first-order valence-corrected chi connectivity index (χ1v) is 9.69. The van der Waals surface area contributed by atoms with Crippen LogP contribution in [0.3, 0.4) is 0 Å². The van der Waals surface area contributed by atoms with E-state index in [9.17, 15) is 12.8 Å². The van der Waals surface area contributed by atoms with Gasteiger partial charge in [0.25, 0.3) is 10.0 Å². The fourth-order valence-corrected chi connectivity index (χ4v) is 4.69. The lowest BCUT2D eigenvalue weighted by Crippen LogP contribution is -2.45. The van der Waals surface area contributed by atoms with Crippen LogP contribution in [0, 0.1) is 12.7 Å². The van der Waals surface area contributed by atoms with E-state index in [0.29, 0.717) is 25.9 Å². The van der Waals surface area contributed by atoms with Crippen LogP contribution >= 0.6 is 0 Å². The lowest BCUT2D eigenvalue weighted by molar-refractivity contribution is 0.314. The average molecular weight is 366 g/mol. The molecule has 0 spiro atoms. The Bertz CT molecular complexity index is 837. The fraction of sp³-hybridized carbons (Fsp3) is 0.471. The van der Waals surface area contributed by atoms with E-state index in [4.69, 9.17) is 0 Å². The molecule has 2 heterocycles. The van der Waals surface area contributed by atoms with Gasteiger partial charge >= 0.3 is 0 Å². The second kappa shape index (κ2) is 6.76. The minimum atomic E-state index is -3.55. The zero-order valence-electron chi connectivity index (χ0n) is 14.7. The predicted molar refractivity (Wildman–Crippen MR) is 94.5 cm³/mol. The van der Waals surface area contributed by atoms with E-state index < -0.39 is 10.0 Å². The van der Waals surface area contributed by atoms with Crippen LogP contribution in [0.25, 0.3) is 0 Å². The van der Waals surface area contributed by atoms with Gasteiger partial charge in [0.1, 0.15) is 5.82 Å². The molecule has 2 aromatic rings. The van der Waals surface area contributed by atoms with Gasteiger partial charge in [-0.2, -0.15) is 4.31 Å². The zero-order chi connectivity index (χ0) is 18.2. The largest absolute Gasteiger partial charge is 0.371 e. The number of aromatic nitrogens is 2. The Hall–Kier alpha value is -1.93. The number of rotatable bonds is 4. The Balaban J connectivity index is 1.69. The normalized spacial score (nSPS) is 17.0. The molecule has 1 aromatic heterocycles. The molecule has 1 saturated heterocycles. The quantitative estimate of drug-likeness (QED) is 0.832. The second-order valence-electron chi connectivity index (χ2n) is 6.61. The molecule has 136 valence electrons. The van der Waals surface area contributed by atoms with Crippen LogP contribution in [0.5, 0.6) is 0 Å². The number of hydrogen-bond acceptors (Lipinski definition) is 4. The highest BCUT2D eigenvalue weighted by Gasteiger charge is 2.32. The van der Waals surface area contributed by atoms with Crippen LogP contribution in [0.1, 0.15) is 18.4 Å². The predicted octanol–water partition coefficient (Wildman–Crippen LogP) is 2.16. The van der Waals surface area contributed by atoms with Gasteiger partial charge in [-0.15, -0.1) is 0 Å². The molecular formula is C17H23FN4O2S. The standard InChI is InChI=1S/C17H23FN4O2S/c1-13-8-14(18)10-16(9-13)21(3)15-4-6-22(7-5-15)25(23,24)17-11-20(2)12-19-17/h8-12,15H,4-7H2,1-3H3. The van der Waals surface area contributed by atoms with Crippen molar-refractivity contribution in [1.82, 2.24) is 13.9 Å². The Morgan fingerprint density at radius 1 is 1.24 bits per heavy atom. The highest BCUT2D eigenvalue weighted by Crippen LogP contribution is 2.26. The van der Waals surface area contributed by atoms with Crippen LogP contribution in [0.15, 0.2) is 35.7 Å². The Kier molecular flexibility index (Phi) is 4.83. The third-order valence-electron chi connectivity index (χ3n) is 4.69. The highest BCUT2D eigenvalue weighted by molar-refractivity contribution is 7.89. The molecule has 0 N–H and O–H groups in total. The molecule has 0 saturated carbocycles. The molecule has 0 atom stereocenters. The molecule has 3 rings (SSSR count). The Morgan fingerprint density at radius 2 is 1.92 bits per heavy atom. The number of nitrogens with zero attached hydrogens (tertiary/aromatic N) is 4. The maximum Gasteiger partial charge on any atom is 0.262 e. The molecule has 0 aliphatic carbocycles. The molecule has 0 radical (unpaired) electrons. The van der Waals surface area contributed by atoms with Crippen LogP contribution in [0.4, 0.5) is 10.1 Å². The zero-order valence-corrected chi connectivity index (χ0v) is 15.5. The first kappa shape index (κ1) is 17.9. The van der Waals surface area contributed by atoms with Gasteiger partial charge in [0.05, 0.1) is 6.33 Å². The summed E-state index contributed by atoms with van der Waals surface area (Å²) in [7, 11) is 0.131. The van der Waals surface area contributed by atoms with E-state index in [1.54, 1.807) is 11.6 Å². The lowest BCUT2D eigenvalue weighted by atomic mass is 10.0. The molecular weight excluding hydrogens is 343 g/mol. The van der Waals surface area contributed by atoms with Crippen LogP contribution in [-0.4, -0.2) is 48.5 Å². The number of hydrogen-bond donors (Lipinski definition) is 0. The number of halogens is 1. The van der Waals surface area contributed by atoms with Crippen LogP contribution in [0.2, 0.25) is 0 Å². The average Bonchev–Trinajstić information content (AvgIpc) is 3.01.